The zero-order valence-corrected chi connectivity index (χ0v) is 16.9. The van der Waals surface area contributed by atoms with Crippen molar-refractivity contribution in [2.24, 2.45) is 7.05 Å². The summed E-state index contributed by atoms with van der Waals surface area (Å²) in [4.78, 5) is 4.59. The first-order chi connectivity index (χ1) is 14.7. The zero-order chi connectivity index (χ0) is 20.7. The number of pyridine rings is 1. The second-order valence-electron chi connectivity index (χ2n) is 6.96. The molecule has 0 radical (unpaired) electrons. The van der Waals surface area contributed by atoms with E-state index in [2.05, 4.69) is 36.8 Å². The molecule has 8 heteroatoms. The lowest BCUT2D eigenvalue weighted by Gasteiger charge is -2.09. The number of ether oxygens (including phenoxy) is 1. The van der Waals surface area contributed by atoms with Crippen LogP contribution in [0.5, 0.6) is 5.75 Å². The molecule has 4 heterocycles. The van der Waals surface area contributed by atoms with Crippen molar-refractivity contribution in [3.05, 3.63) is 61.0 Å². The third kappa shape index (κ3) is 3.02. The van der Waals surface area contributed by atoms with Gasteiger partial charge in [0, 0.05) is 37.0 Å². The second kappa shape index (κ2) is 7.14. The lowest BCUT2D eigenvalue weighted by molar-refractivity contribution is 0.413. The van der Waals surface area contributed by atoms with E-state index in [0.29, 0.717) is 24.0 Å². The molecule has 1 aromatic carbocycles. The van der Waals surface area contributed by atoms with E-state index in [1.165, 1.54) is 0 Å². The largest absolute Gasteiger partial charge is 0.496 e. The van der Waals surface area contributed by atoms with Crippen molar-refractivity contribution in [3.63, 3.8) is 0 Å². The Balaban J connectivity index is 1.55. The van der Waals surface area contributed by atoms with Gasteiger partial charge < -0.3 is 9.15 Å². The van der Waals surface area contributed by atoms with Gasteiger partial charge in [-0.25, -0.2) is 4.98 Å². The molecular formula is C22H20N6O2. The van der Waals surface area contributed by atoms with Crippen molar-refractivity contribution in [2.75, 3.05) is 7.11 Å². The molecule has 0 aliphatic rings. The summed E-state index contributed by atoms with van der Waals surface area (Å²) in [5.41, 5.74) is 5.70. The monoisotopic (exact) mass is 400 g/mol. The molecule has 0 amide bonds. The van der Waals surface area contributed by atoms with E-state index in [1.807, 2.05) is 57.0 Å². The van der Waals surface area contributed by atoms with E-state index in [-0.39, 0.29) is 0 Å². The summed E-state index contributed by atoms with van der Waals surface area (Å²) in [6.45, 7) is 1.97. The van der Waals surface area contributed by atoms with Crippen molar-refractivity contribution < 1.29 is 9.15 Å². The van der Waals surface area contributed by atoms with Crippen LogP contribution in [-0.2, 0) is 13.5 Å². The van der Waals surface area contributed by atoms with Crippen LogP contribution in [0.1, 0.15) is 12.8 Å². The Bertz CT molecular complexity index is 1350. The minimum Gasteiger partial charge on any atom is -0.496 e. The van der Waals surface area contributed by atoms with Crippen molar-refractivity contribution >= 4 is 5.65 Å². The molecule has 0 atom stereocenters. The van der Waals surface area contributed by atoms with Crippen LogP contribution in [0, 0.1) is 0 Å². The molecule has 0 fully saturated rings. The van der Waals surface area contributed by atoms with E-state index < -0.39 is 0 Å². The normalized spacial score (nSPS) is 11.3. The van der Waals surface area contributed by atoms with Gasteiger partial charge in [0.05, 0.1) is 30.8 Å². The number of imidazole rings is 1. The maximum absolute atomic E-state index is 5.69. The van der Waals surface area contributed by atoms with Gasteiger partial charge in [-0.2, -0.15) is 5.10 Å². The summed E-state index contributed by atoms with van der Waals surface area (Å²) in [6.07, 6.45) is 8.41. The van der Waals surface area contributed by atoms with Crippen LogP contribution in [0.2, 0.25) is 0 Å². The molecule has 0 spiro atoms. The number of nitrogens with zero attached hydrogens (tertiary/aromatic N) is 6. The third-order valence-corrected chi connectivity index (χ3v) is 5.05. The molecule has 0 aliphatic carbocycles. The molecule has 0 aliphatic heterocycles. The molecule has 0 bridgehead atoms. The van der Waals surface area contributed by atoms with Crippen LogP contribution in [0.3, 0.4) is 0 Å². The van der Waals surface area contributed by atoms with E-state index in [1.54, 1.807) is 11.8 Å². The zero-order valence-electron chi connectivity index (χ0n) is 16.9. The van der Waals surface area contributed by atoms with Gasteiger partial charge in [-0.15, -0.1) is 10.2 Å². The van der Waals surface area contributed by atoms with Crippen molar-refractivity contribution in [1.82, 2.24) is 29.4 Å². The van der Waals surface area contributed by atoms with Gasteiger partial charge in [0.2, 0.25) is 5.89 Å². The fourth-order valence-corrected chi connectivity index (χ4v) is 3.48. The number of aromatic nitrogens is 6. The number of fused-ring (bicyclic) bond motifs is 1. The SMILES string of the molecule is CCc1nnc(-c2ccc(-c3cnc4cc(-c5cnn(C)c5)ccn34)cc2OC)o1. The number of hydrogen-bond acceptors (Lipinski definition) is 6. The number of methoxy groups -OCH3 is 1. The van der Waals surface area contributed by atoms with Gasteiger partial charge in [-0.05, 0) is 29.8 Å². The second-order valence-corrected chi connectivity index (χ2v) is 6.96. The molecule has 0 N–H and O–H groups in total. The Morgan fingerprint density at radius 2 is 1.93 bits per heavy atom. The number of benzene rings is 1. The Hall–Kier alpha value is -3.94. The fraction of sp³-hybridized carbons (Fsp3) is 0.182. The van der Waals surface area contributed by atoms with Crippen LogP contribution < -0.4 is 4.74 Å². The van der Waals surface area contributed by atoms with Gasteiger partial charge in [-0.1, -0.05) is 13.0 Å². The Morgan fingerprint density at radius 3 is 2.67 bits per heavy atom. The van der Waals surface area contributed by atoms with E-state index in [0.717, 1.165) is 33.6 Å². The smallest absolute Gasteiger partial charge is 0.251 e. The van der Waals surface area contributed by atoms with Crippen LogP contribution in [0.15, 0.2) is 59.5 Å². The van der Waals surface area contributed by atoms with Crippen molar-refractivity contribution in [2.45, 2.75) is 13.3 Å². The first-order valence-electron chi connectivity index (χ1n) is 9.63. The molecule has 5 aromatic rings. The summed E-state index contributed by atoms with van der Waals surface area (Å²) in [6, 6.07) is 10.0. The maximum Gasteiger partial charge on any atom is 0.251 e. The van der Waals surface area contributed by atoms with Crippen molar-refractivity contribution in [1.29, 1.82) is 0 Å². The van der Waals surface area contributed by atoms with E-state index in [4.69, 9.17) is 9.15 Å². The first kappa shape index (κ1) is 18.1. The average Bonchev–Trinajstić information content (AvgIpc) is 3.52. The molecule has 4 aromatic heterocycles. The highest BCUT2D eigenvalue weighted by atomic mass is 16.5. The quantitative estimate of drug-likeness (QED) is 0.443. The predicted octanol–water partition coefficient (Wildman–Crippen LogP) is 4.02. The lowest BCUT2D eigenvalue weighted by atomic mass is 10.1. The van der Waals surface area contributed by atoms with Gasteiger partial charge >= 0.3 is 0 Å². The van der Waals surface area contributed by atoms with Crippen LogP contribution in [0.4, 0.5) is 0 Å². The molecular weight excluding hydrogens is 380 g/mol. The summed E-state index contributed by atoms with van der Waals surface area (Å²) in [5.74, 6) is 1.72. The average molecular weight is 400 g/mol. The summed E-state index contributed by atoms with van der Waals surface area (Å²) in [7, 11) is 3.54. The van der Waals surface area contributed by atoms with Crippen LogP contribution in [0.25, 0.3) is 39.5 Å². The molecule has 0 saturated carbocycles. The topological polar surface area (TPSA) is 83.3 Å². The molecule has 30 heavy (non-hydrogen) atoms. The maximum atomic E-state index is 5.69. The minimum atomic E-state index is 0.453. The molecule has 0 saturated heterocycles. The van der Waals surface area contributed by atoms with E-state index >= 15 is 0 Å². The highest BCUT2D eigenvalue weighted by Gasteiger charge is 2.16. The standard InChI is InChI=1S/C22H20N6O2/c1-4-21-25-26-22(30-21)17-6-5-15(9-19(17)29-3)18-12-23-20-10-14(7-8-28(18)20)16-11-24-27(2)13-16/h5-13H,4H2,1-3H3. The van der Waals surface area contributed by atoms with Crippen LogP contribution >= 0.6 is 0 Å². The van der Waals surface area contributed by atoms with Gasteiger partial charge in [-0.3, -0.25) is 9.08 Å². The predicted molar refractivity (Wildman–Crippen MR) is 112 cm³/mol. The van der Waals surface area contributed by atoms with Gasteiger partial charge in [0.25, 0.3) is 5.89 Å². The first-order valence-corrected chi connectivity index (χ1v) is 9.63. The molecule has 8 nitrogen and oxygen atoms in total. The number of rotatable bonds is 5. The number of aryl methyl sites for hydroxylation is 2. The Labute approximate surface area is 172 Å². The lowest BCUT2D eigenvalue weighted by Crippen LogP contribution is -1.92. The summed E-state index contributed by atoms with van der Waals surface area (Å²) in [5, 5.41) is 12.4. The van der Waals surface area contributed by atoms with Gasteiger partial charge in [0.15, 0.2) is 0 Å². The Morgan fingerprint density at radius 1 is 1.03 bits per heavy atom. The summed E-state index contributed by atoms with van der Waals surface area (Å²) >= 11 is 0. The van der Waals surface area contributed by atoms with Crippen LogP contribution in [-0.4, -0.2) is 36.5 Å². The Kier molecular flexibility index (Phi) is 4.31. The third-order valence-electron chi connectivity index (χ3n) is 5.05. The minimum absolute atomic E-state index is 0.453. The van der Waals surface area contributed by atoms with Crippen molar-refractivity contribution in [3.8, 4) is 39.6 Å². The summed E-state index contributed by atoms with van der Waals surface area (Å²) < 4.78 is 15.1. The molecule has 150 valence electrons. The number of hydrogen-bond donors (Lipinski definition) is 0. The molecule has 5 rings (SSSR count). The highest BCUT2D eigenvalue weighted by molar-refractivity contribution is 5.74. The fourth-order valence-electron chi connectivity index (χ4n) is 3.48. The molecule has 0 unspecified atom stereocenters. The van der Waals surface area contributed by atoms with E-state index in [9.17, 15) is 0 Å². The highest BCUT2D eigenvalue weighted by Crippen LogP contribution is 2.34. The van der Waals surface area contributed by atoms with Gasteiger partial charge in [0.1, 0.15) is 11.4 Å².